The summed E-state index contributed by atoms with van der Waals surface area (Å²) in [5.41, 5.74) is 2.10. The molecule has 0 saturated heterocycles. The van der Waals surface area contributed by atoms with Crippen molar-refractivity contribution in [2.45, 2.75) is 65.5 Å². The van der Waals surface area contributed by atoms with Gasteiger partial charge in [-0.2, -0.15) is 4.99 Å². The molecule has 0 fully saturated rings. The quantitative estimate of drug-likeness (QED) is 0.465. The van der Waals surface area contributed by atoms with E-state index in [0.717, 1.165) is 18.4 Å². The molecule has 8 heteroatoms. The van der Waals surface area contributed by atoms with Gasteiger partial charge in [-0.05, 0) is 73.9 Å². The van der Waals surface area contributed by atoms with Crippen molar-refractivity contribution in [3.05, 3.63) is 91.9 Å². The van der Waals surface area contributed by atoms with Crippen LogP contribution in [0.15, 0.2) is 63.1 Å². The van der Waals surface area contributed by atoms with Crippen LogP contribution < -0.4 is 16.0 Å². The molecule has 1 aliphatic rings. The number of ether oxygens (including phenoxy) is 1. The van der Waals surface area contributed by atoms with E-state index in [2.05, 4.69) is 31.2 Å². The highest BCUT2D eigenvalue weighted by Crippen LogP contribution is 2.29. The lowest BCUT2D eigenvalue weighted by atomic mass is 9.90. The smallest absolute Gasteiger partial charge is 0.332 e. The van der Waals surface area contributed by atoms with Crippen LogP contribution in [-0.4, -0.2) is 26.7 Å². The first-order valence-electron chi connectivity index (χ1n) is 13.0. The van der Waals surface area contributed by atoms with Gasteiger partial charge in [-0.3, -0.25) is 13.9 Å². The van der Waals surface area contributed by atoms with Crippen molar-refractivity contribution < 1.29 is 14.2 Å². The van der Waals surface area contributed by atoms with E-state index in [1.54, 1.807) is 0 Å². The number of hydrogen-bond acceptors (Lipinski definition) is 5. The second kappa shape index (κ2) is 12.1. The third-order valence-electron chi connectivity index (χ3n) is 6.67. The van der Waals surface area contributed by atoms with Crippen LogP contribution >= 0.6 is 0 Å². The molecule has 1 atom stereocenters. The summed E-state index contributed by atoms with van der Waals surface area (Å²) in [5.74, 6) is 0.767. The van der Waals surface area contributed by atoms with Crippen molar-refractivity contribution in [2.75, 3.05) is 6.61 Å². The van der Waals surface area contributed by atoms with Crippen LogP contribution in [0.2, 0.25) is 0 Å². The Balaban J connectivity index is 1.76. The van der Waals surface area contributed by atoms with Gasteiger partial charge in [0, 0.05) is 26.1 Å². The summed E-state index contributed by atoms with van der Waals surface area (Å²) >= 11 is 0. The maximum absolute atomic E-state index is 13.5. The van der Waals surface area contributed by atoms with Crippen LogP contribution in [0.5, 0.6) is 5.75 Å². The zero-order valence-corrected chi connectivity index (χ0v) is 21.5. The summed E-state index contributed by atoms with van der Waals surface area (Å²) in [5, 5.41) is 9.28. The van der Waals surface area contributed by atoms with Gasteiger partial charge < -0.3 is 9.84 Å². The van der Waals surface area contributed by atoms with E-state index in [0.29, 0.717) is 55.3 Å². The van der Waals surface area contributed by atoms with E-state index >= 15 is 0 Å². The fourth-order valence-corrected chi connectivity index (χ4v) is 4.85. The summed E-state index contributed by atoms with van der Waals surface area (Å²) in [6.45, 7) is 4.35. The third-order valence-corrected chi connectivity index (χ3v) is 6.67. The maximum atomic E-state index is 13.5. The molecule has 196 valence electrons. The van der Waals surface area contributed by atoms with Gasteiger partial charge in [0.2, 0.25) is 0 Å². The summed E-state index contributed by atoms with van der Waals surface area (Å²) in [6.07, 6.45) is 4.02. The Hall–Kier alpha value is -3.52. The summed E-state index contributed by atoms with van der Waals surface area (Å²) in [7, 11) is 0. The predicted molar refractivity (Wildman–Crippen MR) is 142 cm³/mol. The van der Waals surface area contributed by atoms with Gasteiger partial charge in [-0.25, -0.2) is 9.18 Å². The zero-order chi connectivity index (χ0) is 26.4. The van der Waals surface area contributed by atoms with Gasteiger partial charge in [-0.1, -0.05) is 37.6 Å². The van der Waals surface area contributed by atoms with E-state index in [4.69, 9.17) is 9.73 Å². The molecule has 0 spiro atoms. The number of hydrogen-bond donors (Lipinski definition) is 1. The largest absolute Gasteiger partial charge is 0.443 e. The van der Waals surface area contributed by atoms with E-state index in [9.17, 15) is 19.1 Å². The Morgan fingerprint density at radius 2 is 1.70 bits per heavy atom. The summed E-state index contributed by atoms with van der Waals surface area (Å²) in [4.78, 5) is 31.4. The maximum Gasteiger partial charge on any atom is 0.332 e. The zero-order valence-electron chi connectivity index (χ0n) is 21.5. The van der Waals surface area contributed by atoms with Crippen LogP contribution in [0.3, 0.4) is 0 Å². The van der Waals surface area contributed by atoms with Crippen LogP contribution in [-0.2, 0) is 32.4 Å². The molecule has 1 aliphatic heterocycles. The number of aliphatic hydroxyl groups excluding tert-OH is 1. The standard InChI is InChI=1S/C29H34FN3O4/c1-3-6-20-7-9-21(10-8-20)17-22-18-25-27(31-26(19-22)37-24-13-11-23(30)12-14-24)32(4-2)29(36)33(28(25)35)15-5-16-34/h7-14,22,34H,3-6,15-19H2,1-2H3. The number of aliphatic imine (C=N–C) groups is 1. The van der Waals surface area contributed by atoms with Crippen molar-refractivity contribution in [3.63, 3.8) is 0 Å². The van der Waals surface area contributed by atoms with Gasteiger partial charge in [0.25, 0.3) is 5.56 Å². The van der Waals surface area contributed by atoms with Gasteiger partial charge in [0.15, 0.2) is 5.90 Å². The first-order chi connectivity index (χ1) is 17.9. The molecule has 4 rings (SSSR count). The Bertz CT molecular complexity index is 1360. The average Bonchev–Trinajstić information content (AvgIpc) is 3.06. The Kier molecular flexibility index (Phi) is 8.71. The topological polar surface area (TPSA) is 85.8 Å². The van der Waals surface area contributed by atoms with Crippen LogP contribution in [0.25, 0.3) is 0 Å². The average molecular weight is 508 g/mol. The molecule has 2 aromatic carbocycles. The SMILES string of the molecule is CCCc1ccc(CC2CC(Oc3ccc(F)cc3)=Nc3c(c(=O)n(CCCO)c(=O)n3CC)C2)cc1. The summed E-state index contributed by atoms with van der Waals surface area (Å²) < 4.78 is 22.2. The molecule has 0 radical (unpaired) electrons. The van der Waals surface area contributed by atoms with E-state index < -0.39 is 5.69 Å². The highest BCUT2D eigenvalue weighted by atomic mass is 19.1. The lowest BCUT2D eigenvalue weighted by molar-refractivity contribution is 0.277. The molecule has 3 aromatic rings. The third kappa shape index (κ3) is 6.25. The first kappa shape index (κ1) is 26.5. The second-order valence-electron chi connectivity index (χ2n) is 9.47. The normalized spacial score (nSPS) is 15.1. The minimum absolute atomic E-state index is 0.000673. The second-order valence-corrected chi connectivity index (χ2v) is 9.47. The molecule has 7 nitrogen and oxygen atoms in total. The number of aliphatic hydroxyl groups is 1. The Morgan fingerprint density at radius 1 is 1.00 bits per heavy atom. The molecule has 1 aromatic heterocycles. The van der Waals surface area contributed by atoms with E-state index in [-0.39, 0.29) is 30.4 Å². The Morgan fingerprint density at radius 3 is 2.35 bits per heavy atom. The number of fused-ring (bicyclic) bond motifs is 1. The van der Waals surface area contributed by atoms with Gasteiger partial charge in [0.1, 0.15) is 17.4 Å². The van der Waals surface area contributed by atoms with Crippen molar-refractivity contribution in [1.29, 1.82) is 0 Å². The van der Waals surface area contributed by atoms with Crippen molar-refractivity contribution >= 4 is 11.7 Å². The van der Waals surface area contributed by atoms with Crippen molar-refractivity contribution in [3.8, 4) is 5.75 Å². The number of benzene rings is 2. The Labute approximate surface area is 215 Å². The molecule has 1 N–H and O–H groups in total. The van der Waals surface area contributed by atoms with Gasteiger partial charge in [-0.15, -0.1) is 0 Å². The number of aryl methyl sites for hydroxylation is 1. The molecule has 0 bridgehead atoms. The molecule has 2 heterocycles. The molecule has 37 heavy (non-hydrogen) atoms. The number of aromatic nitrogens is 2. The van der Waals surface area contributed by atoms with Crippen molar-refractivity contribution in [2.24, 2.45) is 10.9 Å². The molecular weight excluding hydrogens is 473 g/mol. The minimum Gasteiger partial charge on any atom is -0.443 e. The highest BCUT2D eigenvalue weighted by molar-refractivity contribution is 5.82. The van der Waals surface area contributed by atoms with Crippen LogP contribution in [0.1, 0.15) is 49.8 Å². The first-order valence-corrected chi connectivity index (χ1v) is 13.0. The molecular formula is C29H34FN3O4. The summed E-state index contributed by atoms with van der Waals surface area (Å²) in [6, 6.07) is 14.2. The monoisotopic (exact) mass is 507 g/mol. The predicted octanol–water partition coefficient (Wildman–Crippen LogP) is 4.42. The van der Waals surface area contributed by atoms with Crippen molar-refractivity contribution in [1.82, 2.24) is 9.13 Å². The lowest BCUT2D eigenvalue weighted by Crippen LogP contribution is -2.42. The lowest BCUT2D eigenvalue weighted by Gasteiger charge is -2.17. The highest BCUT2D eigenvalue weighted by Gasteiger charge is 2.27. The van der Waals surface area contributed by atoms with Crippen LogP contribution in [0, 0.1) is 11.7 Å². The van der Waals surface area contributed by atoms with Crippen LogP contribution in [0.4, 0.5) is 10.2 Å². The van der Waals surface area contributed by atoms with E-state index in [1.165, 1.54) is 39.0 Å². The van der Waals surface area contributed by atoms with Gasteiger partial charge >= 0.3 is 5.69 Å². The molecule has 1 unspecified atom stereocenters. The number of halogens is 1. The fourth-order valence-electron chi connectivity index (χ4n) is 4.85. The molecule has 0 aliphatic carbocycles. The number of nitrogens with zero attached hydrogens (tertiary/aromatic N) is 3. The molecule has 0 saturated carbocycles. The molecule has 0 amide bonds. The fraction of sp³-hybridized carbons (Fsp3) is 0.414. The van der Waals surface area contributed by atoms with Gasteiger partial charge in [0.05, 0.1) is 5.56 Å². The number of rotatable bonds is 9. The minimum atomic E-state index is -0.449. The van der Waals surface area contributed by atoms with E-state index in [1.807, 2.05) is 6.92 Å².